The molecule has 2 heterocycles. The summed E-state index contributed by atoms with van der Waals surface area (Å²) in [6.07, 6.45) is 2.08. The Bertz CT molecular complexity index is 1240. The van der Waals surface area contributed by atoms with Crippen molar-refractivity contribution in [2.45, 2.75) is 19.8 Å². The van der Waals surface area contributed by atoms with Gasteiger partial charge in [-0.3, -0.25) is 4.79 Å². The molecular weight excluding hydrogens is 434 g/mol. The monoisotopic (exact) mass is 461 g/mol. The van der Waals surface area contributed by atoms with Crippen LogP contribution in [0.2, 0.25) is 0 Å². The van der Waals surface area contributed by atoms with Crippen molar-refractivity contribution in [2.75, 3.05) is 26.9 Å². The van der Waals surface area contributed by atoms with Crippen LogP contribution in [0.1, 0.15) is 30.1 Å². The average molecular weight is 462 g/mol. The van der Waals surface area contributed by atoms with E-state index in [1.54, 1.807) is 48.0 Å². The second-order valence-electron chi connectivity index (χ2n) is 7.50. The van der Waals surface area contributed by atoms with Crippen LogP contribution in [-0.2, 0) is 0 Å². The smallest absolute Gasteiger partial charge is 0.251 e. The lowest BCUT2D eigenvalue weighted by molar-refractivity contribution is 0.0946. The van der Waals surface area contributed by atoms with Gasteiger partial charge < -0.3 is 19.5 Å². The van der Waals surface area contributed by atoms with Gasteiger partial charge in [-0.1, -0.05) is 25.5 Å². The summed E-state index contributed by atoms with van der Waals surface area (Å²) >= 11 is 0. The molecule has 0 saturated carbocycles. The van der Waals surface area contributed by atoms with E-state index < -0.39 is 0 Å². The molecule has 4 aromatic rings. The SMILES string of the molecule is CCCCOc1ccc(C(=O)NCCOc2ccc3nnc(-c4ccccc4OC)n3n2)cc1. The van der Waals surface area contributed by atoms with Crippen molar-refractivity contribution in [1.29, 1.82) is 0 Å². The van der Waals surface area contributed by atoms with E-state index in [9.17, 15) is 4.79 Å². The number of carbonyl (C=O) groups excluding carboxylic acids is 1. The standard InChI is InChI=1S/C25H27N5O4/c1-3-4-16-33-19-11-9-18(10-12-19)25(31)26-15-17-34-23-14-13-22-27-28-24(30(22)29-23)20-7-5-6-8-21(20)32-2/h5-14H,3-4,15-17H2,1-2H3,(H,26,31). The maximum atomic E-state index is 12.4. The molecule has 4 rings (SSSR count). The summed E-state index contributed by atoms with van der Waals surface area (Å²) in [5.41, 5.74) is 1.92. The normalized spacial score (nSPS) is 10.8. The molecule has 0 bridgehead atoms. The first-order valence-electron chi connectivity index (χ1n) is 11.2. The predicted octanol–water partition coefficient (Wildman–Crippen LogP) is 3.79. The van der Waals surface area contributed by atoms with Gasteiger partial charge in [0.1, 0.15) is 18.1 Å². The zero-order valence-corrected chi connectivity index (χ0v) is 19.2. The highest BCUT2D eigenvalue weighted by molar-refractivity contribution is 5.94. The minimum Gasteiger partial charge on any atom is -0.496 e. The molecule has 0 aliphatic heterocycles. The van der Waals surface area contributed by atoms with Gasteiger partial charge in [0.2, 0.25) is 5.88 Å². The van der Waals surface area contributed by atoms with Crippen molar-refractivity contribution in [3.63, 3.8) is 0 Å². The van der Waals surface area contributed by atoms with E-state index in [1.165, 1.54) is 0 Å². The van der Waals surface area contributed by atoms with Gasteiger partial charge in [-0.05, 0) is 48.9 Å². The number of amides is 1. The first-order chi connectivity index (χ1) is 16.7. The van der Waals surface area contributed by atoms with Gasteiger partial charge in [0.05, 0.1) is 25.8 Å². The van der Waals surface area contributed by atoms with Gasteiger partial charge >= 0.3 is 0 Å². The maximum Gasteiger partial charge on any atom is 0.251 e. The number of carbonyl (C=O) groups is 1. The number of fused-ring (bicyclic) bond motifs is 1. The third-order valence-electron chi connectivity index (χ3n) is 5.11. The van der Waals surface area contributed by atoms with E-state index in [2.05, 4.69) is 27.5 Å². The van der Waals surface area contributed by atoms with Crippen LogP contribution in [0.5, 0.6) is 17.4 Å². The molecule has 176 valence electrons. The van der Waals surface area contributed by atoms with Gasteiger partial charge in [-0.25, -0.2) is 0 Å². The first kappa shape index (κ1) is 23.0. The van der Waals surface area contributed by atoms with Crippen LogP contribution in [0, 0.1) is 0 Å². The van der Waals surface area contributed by atoms with Crippen LogP contribution >= 0.6 is 0 Å². The molecule has 2 aromatic carbocycles. The number of hydrogen-bond acceptors (Lipinski definition) is 7. The number of nitrogens with zero attached hydrogens (tertiary/aromatic N) is 4. The number of ether oxygens (including phenoxy) is 3. The van der Waals surface area contributed by atoms with Crippen molar-refractivity contribution in [3.8, 4) is 28.8 Å². The van der Waals surface area contributed by atoms with Crippen LogP contribution in [-0.4, -0.2) is 52.6 Å². The maximum absolute atomic E-state index is 12.4. The minimum absolute atomic E-state index is 0.176. The van der Waals surface area contributed by atoms with E-state index in [4.69, 9.17) is 14.2 Å². The Morgan fingerprint density at radius 1 is 0.971 bits per heavy atom. The minimum atomic E-state index is -0.176. The van der Waals surface area contributed by atoms with E-state index >= 15 is 0 Å². The lowest BCUT2D eigenvalue weighted by Crippen LogP contribution is -2.28. The van der Waals surface area contributed by atoms with E-state index in [0.29, 0.717) is 41.8 Å². The molecular formula is C25H27N5O4. The Morgan fingerprint density at radius 3 is 2.59 bits per heavy atom. The van der Waals surface area contributed by atoms with Gasteiger partial charge in [-0.15, -0.1) is 15.3 Å². The Morgan fingerprint density at radius 2 is 1.79 bits per heavy atom. The fourth-order valence-corrected chi connectivity index (χ4v) is 3.31. The molecule has 0 atom stereocenters. The third-order valence-corrected chi connectivity index (χ3v) is 5.11. The summed E-state index contributed by atoms with van der Waals surface area (Å²) in [6, 6.07) is 18.1. The van der Waals surface area contributed by atoms with Crippen molar-refractivity contribution in [3.05, 3.63) is 66.2 Å². The Balaban J connectivity index is 1.33. The Kier molecular flexibility index (Phi) is 7.54. The lowest BCUT2D eigenvalue weighted by atomic mass is 10.2. The topological polar surface area (TPSA) is 99.9 Å². The largest absolute Gasteiger partial charge is 0.496 e. The molecule has 9 nitrogen and oxygen atoms in total. The van der Waals surface area contributed by atoms with E-state index in [-0.39, 0.29) is 12.5 Å². The van der Waals surface area contributed by atoms with Crippen molar-refractivity contribution < 1.29 is 19.0 Å². The van der Waals surface area contributed by atoms with Crippen LogP contribution in [0.4, 0.5) is 0 Å². The highest BCUT2D eigenvalue weighted by atomic mass is 16.5. The van der Waals surface area contributed by atoms with Crippen LogP contribution in [0.25, 0.3) is 17.0 Å². The highest BCUT2D eigenvalue weighted by Gasteiger charge is 2.14. The van der Waals surface area contributed by atoms with Crippen LogP contribution in [0.15, 0.2) is 60.7 Å². The molecule has 0 radical (unpaired) electrons. The molecule has 0 spiro atoms. The van der Waals surface area contributed by atoms with Crippen molar-refractivity contribution in [1.82, 2.24) is 25.1 Å². The molecule has 34 heavy (non-hydrogen) atoms. The predicted molar refractivity (Wildman–Crippen MR) is 127 cm³/mol. The zero-order valence-electron chi connectivity index (χ0n) is 19.2. The number of nitrogens with one attached hydrogen (secondary N) is 1. The summed E-state index contributed by atoms with van der Waals surface area (Å²) in [7, 11) is 1.61. The summed E-state index contributed by atoms with van der Waals surface area (Å²) in [4.78, 5) is 12.4. The van der Waals surface area contributed by atoms with Gasteiger partial charge in [-0.2, -0.15) is 4.52 Å². The first-order valence-corrected chi connectivity index (χ1v) is 11.2. The fraction of sp³-hybridized carbons (Fsp3) is 0.280. The molecule has 0 saturated heterocycles. The lowest BCUT2D eigenvalue weighted by Gasteiger charge is -2.09. The van der Waals surface area contributed by atoms with Gasteiger partial charge in [0.15, 0.2) is 11.5 Å². The number of unbranched alkanes of at least 4 members (excludes halogenated alkanes) is 1. The molecule has 2 aromatic heterocycles. The van der Waals surface area contributed by atoms with Gasteiger partial charge in [0.25, 0.3) is 5.91 Å². The summed E-state index contributed by atoms with van der Waals surface area (Å²) in [6.45, 7) is 3.38. The molecule has 0 unspecified atom stereocenters. The number of rotatable bonds is 11. The summed E-state index contributed by atoms with van der Waals surface area (Å²) < 4.78 is 18.4. The zero-order chi connectivity index (χ0) is 23.8. The average Bonchev–Trinajstić information content (AvgIpc) is 3.30. The van der Waals surface area contributed by atoms with Crippen LogP contribution in [0.3, 0.4) is 0 Å². The summed E-state index contributed by atoms with van der Waals surface area (Å²) in [5, 5.41) is 15.7. The molecule has 0 aliphatic rings. The number of methoxy groups -OCH3 is 1. The third kappa shape index (κ3) is 5.43. The Hall–Kier alpha value is -4.14. The van der Waals surface area contributed by atoms with E-state index in [0.717, 1.165) is 24.2 Å². The molecule has 9 heteroatoms. The second kappa shape index (κ2) is 11.1. The quantitative estimate of drug-likeness (QED) is 0.339. The fourth-order valence-electron chi connectivity index (χ4n) is 3.31. The number of hydrogen-bond donors (Lipinski definition) is 1. The van der Waals surface area contributed by atoms with Crippen molar-refractivity contribution in [2.24, 2.45) is 0 Å². The molecule has 0 aliphatic carbocycles. The van der Waals surface area contributed by atoms with Crippen LogP contribution < -0.4 is 19.5 Å². The number of benzene rings is 2. The van der Waals surface area contributed by atoms with E-state index in [1.807, 2.05) is 24.3 Å². The number of para-hydroxylation sites is 1. The Labute approximate surface area is 197 Å². The second-order valence-corrected chi connectivity index (χ2v) is 7.50. The highest BCUT2D eigenvalue weighted by Crippen LogP contribution is 2.28. The van der Waals surface area contributed by atoms with Crippen molar-refractivity contribution >= 4 is 11.6 Å². The summed E-state index contributed by atoms with van der Waals surface area (Å²) in [5.74, 6) is 2.20. The molecule has 1 amide bonds. The number of aromatic nitrogens is 4. The molecule has 1 N–H and O–H groups in total. The van der Waals surface area contributed by atoms with Gasteiger partial charge in [0, 0.05) is 11.6 Å². The molecule has 0 fully saturated rings.